The molecule has 19 heavy (non-hydrogen) atoms. The van der Waals surface area contributed by atoms with Crippen molar-refractivity contribution in [2.75, 3.05) is 18.6 Å². The minimum atomic E-state index is -2.86. The fourth-order valence-electron chi connectivity index (χ4n) is 2.20. The van der Waals surface area contributed by atoms with Crippen molar-refractivity contribution in [1.82, 2.24) is 10.3 Å². The third-order valence-corrected chi connectivity index (χ3v) is 5.03. The molecule has 1 N–H and O–H groups in total. The Labute approximate surface area is 116 Å². The van der Waals surface area contributed by atoms with Crippen LogP contribution in [0.4, 0.5) is 0 Å². The van der Waals surface area contributed by atoms with Gasteiger partial charge in [-0.25, -0.2) is 8.42 Å². The second-order valence-corrected chi connectivity index (χ2v) is 7.38. The van der Waals surface area contributed by atoms with Crippen LogP contribution in [-0.4, -0.2) is 32.0 Å². The van der Waals surface area contributed by atoms with E-state index in [2.05, 4.69) is 22.4 Å². The first kappa shape index (κ1) is 16.1. The van der Waals surface area contributed by atoms with E-state index < -0.39 is 9.84 Å². The highest BCUT2D eigenvalue weighted by molar-refractivity contribution is 7.91. The number of nitrogens with zero attached hydrogens (tertiary/aromatic N) is 1. The van der Waals surface area contributed by atoms with Gasteiger partial charge < -0.3 is 5.32 Å². The summed E-state index contributed by atoms with van der Waals surface area (Å²) in [7, 11) is -0.955. The van der Waals surface area contributed by atoms with Crippen LogP contribution in [0.1, 0.15) is 42.8 Å². The van der Waals surface area contributed by atoms with E-state index in [1.807, 2.05) is 20.9 Å². The number of nitrogens with one attached hydrogen (secondary N) is 1. The van der Waals surface area contributed by atoms with Crippen molar-refractivity contribution < 1.29 is 8.42 Å². The molecule has 108 valence electrons. The maximum Gasteiger partial charge on any atom is 0.150 e. The third kappa shape index (κ3) is 5.28. The Morgan fingerprint density at radius 2 is 1.84 bits per heavy atom. The Bertz CT molecular complexity index is 492. The molecule has 0 aliphatic heterocycles. The zero-order valence-corrected chi connectivity index (χ0v) is 13.0. The molecular weight excluding hydrogens is 260 g/mol. The Hall–Kier alpha value is -0.940. The van der Waals surface area contributed by atoms with Crippen LogP contribution in [0.2, 0.25) is 0 Å². The molecule has 1 heterocycles. The first-order valence-electron chi connectivity index (χ1n) is 6.71. The van der Waals surface area contributed by atoms with Gasteiger partial charge in [0.1, 0.15) is 9.84 Å². The Kier molecular flexibility index (Phi) is 5.94. The van der Waals surface area contributed by atoms with E-state index in [1.54, 1.807) is 6.92 Å². The molecule has 0 amide bonds. The van der Waals surface area contributed by atoms with Crippen molar-refractivity contribution in [3.63, 3.8) is 0 Å². The zero-order valence-electron chi connectivity index (χ0n) is 12.2. The average Bonchev–Trinajstić information content (AvgIpc) is 2.33. The highest BCUT2D eigenvalue weighted by Gasteiger charge is 2.13. The van der Waals surface area contributed by atoms with Crippen LogP contribution in [0.3, 0.4) is 0 Å². The summed E-state index contributed by atoms with van der Waals surface area (Å²) in [6.07, 6.45) is 1.50. The zero-order chi connectivity index (χ0) is 14.5. The molecular formula is C14H24N2O2S. The number of aromatic nitrogens is 1. The van der Waals surface area contributed by atoms with Crippen molar-refractivity contribution in [2.24, 2.45) is 0 Å². The lowest BCUT2D eigenvalue weighted by atomic mass is 10.0. The lowest BCUT2D eigenvalue weighted by Gasteiger charge is -2.17. The van der Waals surface area contributed by atoms with Gasteiger partial charge in [-0.3, -0.25) is 4.98 Å². The number of rotatable bonds is 7. The Balaban J connectivity index is 2.68. The van der Waals surface area contributed by atoms with Crippen LogP contribution in [0, 0.1) is 13.8 Å². The molecule has 5 heteroatoms. The molecule has 0 radical (unpaired) electrons. The maximum absolute atomic E-state index is 11.5. The van der Waals surface area contributed by atoms with Crippen molar-refractivity contribution in [1.29, 1.82) is 0 Å². The highest BCUT2D eigenvalue weighted by Crippen LogP contribution is 2.20. The lowest BCUT2D eigenvalue weighted by molar-refractivity contribution is 0.534. The van der Waals surface area contributed by atoms with E-state index >= 15 is 0 Å². The monoisotopic (exact) mass is 284 g/mol. The summed E-state index contributed by atoms with van der Waals surface area (Å²) in [6.45, 7) is 5.65. The summed E-state index contributed by atoms with van der Waals surface area (Å²) in [5, 5.41) is 3.25. The molecule has 1 rings (SSSR count). The molecule has 0 spiro atoms. The van der Waals surface area contributed by atoms with Gasteiger partial charge in [0.2, 0.25) is 0 Å². The van der Waals surface area contributed by atoms with Crippen molar-refractivity contribution in [3.05, 3.63) is 29.1 Å². The van der Waals surface area contributed by atoms with Crippen molar-refractivity contribution >= 4 is 9.84 Å². The normalized spacial score (nSPS) is 13.5. The van der Waals surface area contributed by atoms with Crippen molar-refractivity contribution in [2.45, 2.75) is 39.7 Å². The molecule has 0 aliphatic rings. The third-order valence-electron chi connectivity index (χ3n) is 3.24. The van der Waals surface area contributed by atoms with Gasteiger partial charge in [-0.15, -0.1) is 0 Å². The first-order chi connectivity index (χ1) is 8.88. The number of aryl methyl sites for hydroxylation is 2. The molecule has 0 bridgehead atoms. The van der Waals surface area contributed by atoms with E-state index in [4.69, 9.17) is 0 Å². The lowest BCUT2D eigenvalue weighted by Crippen LogP contribution is -2.18. The molecule has 4 nitrogen and oxygen atoms in total. The van der Waals surface area contributed by atoms with Gasteiger partial charge >= 0.3 is 0 Å². The van der Waals surface area contributed by atoms with Gasteiger partial charge in [-0.2, -0.15) is 0 Å². The molecule has 1 aromatic heterocycles. The quantitative estimate of drug-likeness (QED) is 0.833. The van der Waals surface area contributed by atoms with Gasteiger partial charge in [0.05, 0.1) is 5.75 Å². The minimum absolute atomic E-state index is 0.187. The summed E-state index contributed by atoms with van der Waals surface area (Å²) in [6, 6.07) is 4.30. The maximum atomic E-state index is 11.5. The fourth-order valence-corrected chi connectivity index (χ4v) is 3.09. The SMILES string of the molecule is CCS(=O)(=O)CCCC(NC)c1cc(C)nc(C)c1. The predicted molar refractivity (Wildman–Crippen MR) is 79.1 cm³/mol. The molecule has 0 aliphatic carbocycles. The molecule has 1 unspecified atom stereocenters. The minimum Gasteiger partial charge on any atom is -0.313 e. The summed E-state index contributed by atoms with van der Waals surface area (Å²) < 4.78 is 23.0. The Morgan fingerprint density at radius 1 is 1.26 bits per heavy atom. The summed E-state index contributed by atoms with van der Waals surface area (Å²) >= 11 is 0. The standard InChI is InChI=1S/C14H24N2O2S/c1-5-19(17,18)8-6-7-14(15-4)13-9-11(2)16-12(3)10-13/h9-10,14-15H,5-8H2,1-4H3. The highest BCUT2D eigenvalue weighted by atomic mass is 32.2. The topological polar surface area (TPSA) is 59.1 Å². The molecule has 1 atom stereocenters. The largest absolute Gasteiger partial charge is 0.313 e. The number of sulfone groups is 1. The van der Waals surface area contributed by atoms with Crippen LogP contribution in [0.15, 0.2) is 12.1 Å². The van der Waals surface area contributed by atoms with Crippen LogP contribution >= 0.6 is 0 Å². The van der Waals surface area contributed by atoms with Crippen molar-refractivity contribution in [3.8, 4) is 0 Å². The van der Waals surface area contributed by atoms with Crippen LogP contribution in [0.25, 0.3) is 0 Å². The van der Waals surface area contributed by atoms with Gasteiger partial charge in [0.15, 0.2) is 0 Å². The predicted octanol–water partition coefficient (Wildman–Crippen LogP) is 2.17. The number of hydrogen-bond acceptors (Lipinski definition) is 4. The van der Waals surface area contributed by atoms with Gasteiger partial charge in [-0.1, -0.05) is 6.92 Å². The van der Waals surface area contributed by atoms with E-state index in [1.165, 1.54) is 5.56 Å². The second kappa shape index (κ2) is 7.01. The average molecular weight is 284 g/mol. The van der Waals surface area contributed by atoms with Crippen LogP contribution in [-0.2, 0) is 9.84 Å². The second-order valence-electron chi connectivity index (χ2n) is 4.90. The molecule has 0 aromatic carbocycles. The molecule has 0 saturated heterocycles. The first-order valence-corrected chi connectivity index (χ1v) is 8.53. The molecule has 0 saturated carbocycles. The van der Waals surface area contributed by atoms with Crippen LogP contribution in [0.5, 0.6) is 0 Å². The fraction of sp³-hybridized carbons (Fsp3) is 0.643. The molecule has 0 fully saturated rings. The van der Waals surface area contributed by atoms with E-state index in [9.17, 15) is 8.42 Å². The van der Waals surface area contributed by atoms with Gasteiger partial charge in [0.25, 0.3) is 0 Å². The van der Waals surface area contributed by atoms with E-state index in [0.717, 1.165) is 17.8 Å². The smallest absolute Gasteiger partial charge is 0.150 e. The van der Waals surface area contributed by atoms with E-state index in [-0.39, 0.29) is 17.5 Å². The van der Waals surface area contributed by atoms with Gasteiger partial charge in [-0.05, 0) is 51.4 Å². The summed E-state index contributed by atoms with van der Waals surface area (Å²) in [5.41, 5.74) is 3.18. The molecule has 1 aromatic rings. The summed E-state index contributed by atoms with van der Waals surface area (Å²) in [4.78, 5) is 4.36. The van der Waals surface area contributed by atoms with Crippen LogP contribution < -0.4 is 5.32 Å². The summed E-state index contributed by atoms with van der Waals surface area (Å²) in [5.74, 6) is 0.495. The number of hydrogen-bond donors (Lipinski definition) is 1. The number of pyridine rings is 1. The van der Waals surface area contributed by atoms with E-state index in [0.29, 0.717) is 6.42 Å². The Morgan fingerprint density at radius 3 is 2.32 bits per heavy atom. The van der Waals surface area contributed by atoms with Gasteiger partial charge in [0, 0.05) is 23.2 Å².